The van der Waals surface area contributed by atoms with Crippen molar-refractivity contribution in [2.24, 2.45) is 0 Å². The Bertz CT molecular complexity index is 1410. The Morgan fingerprint density at radius 1 is 1.06 bits per heavy atom. The molecule has 0 bridgehead atoms. The lowest BCUT2D eigenvalue weighted by atomic mass is 9.73. The van der Waals surface area contributed by atoms with E-state index in [2.05, 4.69) is 15.9 Å². The van der Waals surface area contributed by atoms with Crippen molar-refractivity contribution in [1.82, 2.24) is 0 Å². The van der Waals surface area contributed by atoms with Gasteiger partial charge in [-0.15, -0.1) is 0 Å². The van der Waals surface area contributed by atoms with E-state index in [0.717, 1.165) is 10.0 Å². The summed E-state index contributed by atoms with van der Waals surface area (Å²) in [4.78, 5) is 15.2. The number of halogens is 2. The highest BCUT2D eigenvalue weighted by atomic mass is 79.9. The minimum absolute atomic E-state index is 0.0304. The normalized spacial score (nSPS) is 19.6. The van der Waals surface area contributed by atoms with Crippen molar-refractivity contribution in [2.45, 2.75) is 32.1 Å². The minimum atomic E-state index is -0.879. The number of carbonyl (C=O) groups is 1. The summed E-state index contributed by atoms with van der Waals surface area (Å²) in [5.41, 5.74) is 3.88. The molecule has 0 saturated carbocycles. The monoisotopic (exact) mass is 530 g/mol. The molecule has 5 rings (SSSR count). The molecule has 0 radical (unpaired) electrons. The summed E-state index contributed by atoms with van der Waals surface area (Å²) in [6, 6.07) is 21.1. The van der Waals surface area contributed by atoms with Gasteiger partial charge in [0.05, 0.1) is 0 Å². The van der Waals surface area contributed by atoms with Gasteiger partial charge in [-0.3, -0.25) is 15.1 Å². The van der Waals surface area contributed by atoms with Crippen LogP contribution in [0.4, 0.5) is 10.1 Å². The van der Waals surface area contributed by atoms with Crippen molar-refractivity contribution >= 4 is 39.0 Å². The fourth-order valence-electron chi connectivity index (χ4n) is 4.98. The first kappa shape index (κ1) is 23.2. The summed E-state index contributed by atoms with van der Waals surface area (Å²) in [5.74, 6) is -1.53. The maximum absolute atomic E-state index is 15.2. The average Bonchev–Trinajstić information content (AvgIpc) is 2.84. The molecule has 0 aromatic heterocycles. The number of ketones is 1. The van der Waals surface area contributed by atoms with Crippen LogP contribution < -0.4 is 4.90 Å². The predicted molar refractivity (Wildman–Crippen MR) is 140 cm³/mol. The standard InChI is InChI=1S/C29H24BrFN2O2/c1-17-12-14-18(15-13-17)28(35)27-25(21-8-2-3-9-22(21)31)26-23(10-5-11-24(26)34)33(29(27)32)20-7-4-6-19(30)16-20/h2-4,6-9,12-16,25,32,35H,5,10-11H2,1H3/b28-27+,32-29?. The van der Waals surface area contributed by atoms with Gasteiger partial charge in [0.2, 0.25) is 0 Å². The zero-order valence-corrected chi connectivity index (χ0v) is 20.8. The molecule has 1 aliphatic carbocycles. The van der Waals surface area contributed by atoms with Gasteiger partial charge in [-0.1, -0.05) is 70.0 Å². The smallest absolute Gasteiger partial charge is 0.161 e. The fraction of sp³-hybridized carbons (Fsp3) is 0.172. The molecule has 6 heteroatoms. The predicted octanol–water partition coefficient (Wildman–Crippen LogP) is 7.45. The first-order chi connectivity index (χ1) is 16.9. The quantitative estimate of drug-likeness (QED) is 0.345. The number of allylic oxidation sites excluding steroid dienone is 2. The van der Waals surface area contributed by atoms with Gasteiger partial charge in [-0.25, -0.2) is 4.39 Å². The van der Waals surface area contributed by atoms with Crippen molar-refractivity contribution in [1.29, 1.82) is 5.41 Å². The number of benzene rings is 3. The van der Waals surface area contributed by atoms with E-state index < -0.39 is 11.7 Å². The zero-order chi connectivity index (χ0) is 24.7. The van der Waals surface area contributed by atoms with Gasteiger partial charge in [0, 0.05) is 50.5 Å². The van der Waals surface area contributed by atoms with Crippen LogP contribution in [0.25, 0.3) is 5.76 Å². The SMILES string of the molecule is Cc1ccc(/C(O)=C2\C(=N)N(c3cccc(Br)c3)C3=C(C(=O)CCC3)C2c2ccccc2F)cc1. The van der Waals surface area contributed by atoms with Crippen LogP contribution in [0.2, 0.25) is 0 Å². The first-order valence-electron chi connectivity index (χ1n) is 11.5. The van der Waals surface area contributed by atoms with Gasteiger partial charge < -0.3 is 5.11 Å². The minimum Gasteiger partial charge on any atom is -0.507 e. The van der Waals surface area contributed by atoms with Crippen molar-refractivity contribution < 1.29 is 14.3 Å². The number of nitrogens with zero attached hydrogens (tertiary/aromatic N) is 1. The van der Waals surface area contributed by atoms with E-state index in [1.54, 1.807) is 35.2 Å². The van der Waals surface area contributed by atoms with Crippen molar-refractivity contribution in [3.63, 3.8) is 0 Å². The summed E-state index contributed by atoms with van der Waals surface area (Å²) in [6.07, 6.45) is 1.59. The Hall–Kier alpha value is -3.51. The van der Waals surface area contributed by atoms with E-state index in [-0.39, 0.29) is 28.5 Å². The number of aryl methyl sites for hydroxylation is 1. The number of hydrogen-bond donors (Lipinski definition) is 2. The number of carbonyl (C=O) groups excluding carboxylic acids is 1. The molecular weight excluding hydrogens is 507 g/mol. The van der Waals surface area contributed by atoms with E-state index in [0.29, 0.717) is 41.8 Å². The fourth-order valence-corrected chi connectivity index (χ4v) is 5.37. The Morgan fingerprint density at radius 3 is 2.51 bits per heavy atom. The maximum Gasteiger partial charge on any atom is 0.161 e. The van der Waals surface area contributed by atoms with E-state index in [9.17, 15) is 15.3 Å². The van der Waals surface area contributed by atoms with Crippen molar-refractivity contribution in [3.05, 3.63) is 117 Å². The lowest BCUT2D eigenvalue weighted by Crippen LogP contribution is -2.42. The van der Waals surface area contributed by atoms with Gasteiger partial charge >= 0.3 is 0 Å². The van der Waals surface area contributed by atoms with Crippen molar-refractivity contribution in [2.75, 3.05) is 4.90 Å². The Kier molecular flexibility index (Phi) is 6.15. The molecule has 0 fully saturated rings. The number of amidine groups is 1. The Balaban J connectivity index is 1.85. The Labute approximate surface area is 212 Å². The zero-order valence-electron chi connectivity index (χ0n) is 19.2. The van der Waals surface area contributed by atoms with Crippen LogP contribution in [-0.2, 0) is 4.79 Å². The maximum atomic E-state index is 15.2. The second kappa shape index (κ2) is 9.27. The van der Waals surface area contributed by atoms with Gasteiger partial charge in [0.1, 0.15) is 17.4 Å². The lowest BCUT2D eigenvalue weighted by molar-refractivity contribution is -0.116. The molecule has 2 aliphatic rings. The molecule has 4 nitrogen and oxygen atoms in total. The van der Waals surface area contributed by atoms with Gasteiger partial charge in [-0.05, 0) is 44.0 Å². The van der Waals surface area contributed by atoms with E-state index in [1.165, 1.54) is 6.07 Å². The lowest BCUT2D eigenvalue weighted by Gasteiger charge is -2.41. The highest BCUT2D eigenvalue weighted by Gasteiger charge is 2.44. The topological polar surface area (TPSA) is 64.4 Å². The molecule has 1 heterocycles. The van der Waals surface area contributed by atoms with Crippen LogP contribution in [0.15, 0.2) is 94.1 Å². The van der Waals surface area contributed by atoms with Gasteiger partial charge in [0.25, 0.3) is 0 Å². The third-order valence-electron chi connectivity index (χ3n) is 6.62. The second-order valence-corrected chi connectivity index (χ2v) is 9.80. The number of hydrogen-bond acceptors (Lipinski definition) is 3. The Morgan fingerprint density at radius 2 is 1.80 bits per heavy atom. The number of Topliss-reactive ketones (excluding diaryl/α,β-unsaturated/α-hetero) is 1. The molecule has 0 amide bonds. The highest BCUT2D eigenvalue weighted by molar-refractivity contribution is 9.10. The molecule has 2 N–H and O–H groups in total. The van der Waals surface area contributed by atoms with Gasteiger partial charge in [-0.2, -0.15) is 0 Å². The van der Waals surface area contributed by atoms with E-state index in [4.69, 9.17) is 0 Å². The van der Waals surface area contributed by atoms with Crippen LogP contribution in [-0.4, -0.2) is 16.7 Å². The third-order valence-corrected chi connectivity index (χ3v) is 7.11. The van der Waals surface area contributed by atoms with Crippen molar-refractivity contribution in [3.8, 4) is 0 Å². The molecule has 3 aromatic carbocycles. The van der Waals surface area contributed by atoms with Crippen LogP contribution in [0.5, 0.6) is 0 Å². The summed E-state index contributed by atoms with van der Waals surface area (Å²) in [7, 11) is 0. The second-order valence-electron chi connectivity index (χ2n) is 8.88. The van der Waals surface area contributed by atoms with Crippen LogP contribution in [0.3, 0.4) is 0 Å². The molecule has 1 aliphatic heterocycles. The van der Waals surface area contributed by atoms with E-state index in [1.807, 2.05) is 43.3 Å². The first-order valence-corrected chi connectivity index (χ1v) is 12.3. The molecule has 35 heavy (non-hydrogen) atoms. The van der Waals surface area contributed by atoms with Crippen LogP contribution in [0.1, 0.15) is 41.9 Å². The molecule has 0 saturated heterocycles. The number of aliphatic hydroxyl groups is 1. The van der Waals surface area contributed by atoms with Crippen LogP contribution >= 0.6 is 15.9 Å². The van der Waals surface area contributed by atoms with E-state index >= 15 is 4.39 Å². The molecule has 1 atom stereocenters. The average molecular weight is 531 g/mol. The highest BCUT2D eigenvalue weighted by Crippen LogP contribution is 2.48. The summed E-state index contributed by atoms with van der Waals surface area (Å²) in [6.45, 7) is 1.95. The summed E-state index contributed by atoms with van der Waals surface area (Å²) < 4.78 is 16.1. The van der Waals surface area contributed by atoms with Crippen LogP contribution in [0, 0.1) is 18.2 Å². The number of nitrogens with one attached hydrogen (secondary N) is 1. The number of rotatable bonds is 3. The molecule has 176 valence electrons. The third kappa shape index (κ3) is 4.12. The summed E-state index contributed by atoms with van der Waals surface area (Å²) in [5, 5.41) is 20.9. The van der Waals surface area contributed by atoms with Gasteiger partial charge in [0.15, 0.2) is 5.78 Å². The molecular formula is C29H24BrFN2O2. The molecule has 3 aromatic rings. The largest absolute Gasteiger partial charge is 0.507 e. The summed E-state index contributed by atoms with van der Waals surface area (Å²) >= 11 is 3.50. The molecule has 1 unspecified atom stereocenters. The number of aliphatic hydroxyl groups excluding tert-OH is 1. The number of anilines is 1. The molecule has 0 spiro atoms.